The fraction of sp³-hybridized carbons (Fsp3) is 0.158. The molecule has 0 saturated heterocycles. The van der Waals surface area contributed by atoms with Crippen molar-refractivity contribution in [2.24, 2.45) is 0 Å². The summed E-state index contributed by atoms with van der Waals surface area (Å²) in [4.78, 5) is 0.302. The molecule has 106 valence electrons. The van der Waals surface area contributed by atoms with Crippen LogP contribution in [0.3, 0.4) is 0 Å². The van der Waals surface area contributed by atoms with Crippen LogP contribution in [0.25, 0.3) is 10.8 Å². The Morgan fingerprint density at radius 1 is 0.952 bits per heavy atom. The van der Waals surface area contributed by atoms with Crippen molar-refractivity contribution in [1.82, 2.24) is 0 Å². The van der Waals surface area contributed by atoms with Crippen molar-refractivity contribution in [2.45, 2.75) is 18.2 Å². The van der Waals surface area contributed by atoms with Gasteiger partial charge in [-0.15, -0.1) is 0 Å². The molecule has 21 heavy (non-hydrogen) atoms. The van der Waals surface area contributed by atoms with E-state index in [1.807, 2.05) is 12.1 Å². The maximum Gasteiger partial charge on any atom is 0.0438 e. The van der Waals surface area contributed by atoms with E-state index in [4.69, 9.17) is 11.6 Å². The molecule has 0 N–H and O–H groups in total. The Labute approximate surface area is 138 Å². The number of halogens is 2. The Balaban J connectivity index is 1.87. The molecule has 0 aliphatic heterocycles. The standard InChI is InChI=1S/C19H16BrCl/c1-13-10-17(21)8-9-18(13)19(20)12-14-6-7-15-4-2-3-5-16(15)11-14/h2-11,19H,12H2,1H3. The van der Waals surface area contributed by atoms with Gasteiger partial charge in [-0.25, -0.2) is 0 Å². The van der Waals surface area contributed by atoms with Crippen LogP contribution in [-0.4, -0.2) is 0 Å². The highest BCUT2D eigenvalue weighted by atomic mass is 79.9. The van der Waals surface area contributed by atoms with Gasteiger partial charge in [-0.3, -0.25) is 0 Å². The lowest BCUT2D eigenvalue weighted by Crippen LogP contribution is -1.98. The van der Waals surface area contributed by atoms with E-state index in [9.17, 15) is 0 Å². The van der Waals surface area contributed by atoms with Crippen molar-refractivity contribution in [2.75, 3.05) is 0 Å². The first-order valence-corrected chi connectivity index (χ1v) is 8.30. The quantitative estimate of drug-likeness (QED) is 0.469. The molecule has 0 aliphatic rings. The number of fused-ring (bicyclic) bond motifs is 1. The number of rotatable bonds is 3. The fourth-order valence-corrected chi connectivity index (χ4v) is 3.79. The molecule has 2 heteroatoms. The highest BCUT2D eigenvalue weighted by Gasteiger charge is 2.11. The summed E-state index contributed by atoms with van der Waals surface area (Å²) in [5.74, 6) is 0. The molecule has 1 atom stereocenters. The summed E-state index contributed by atoms with van der Waals surface area (Å²) in [6, 6.07) is 21.2. The lowest BCUT2D eigenvalue weighted by Gasteiger charge is -2.14. The first-order valence-electron chi connectivity index (χ1n) is 7.01. The summed E-state index contributed by atoms with van der Waals surface area (Å²) in [6.45, 7) is 2.11. The Hall–Kier alpha value is -1.31. The van der Waals surface area contributed by atoms with E-state index in [0.717, 1.165) is 11.4 Å². The molecule has 0 aliphatic carbocycles. The third kappa shape index (κ3) is 3.30. The summed E-state index contributed by atoms with van der Waals surface area (Å²) in [6.07, 6.45) is 0.966. The van der Waals surface area contributed by atoms with Crippen LogP contribution in [0.5, 0.6) is 0 Å². The highest BCUT2D eigenvalue weighted by Crippen LogP contribution is 2.31. The van der Waals surface area contributed by atoms with Crippen LogP contribution in [0.4, 0.5) is 0 Å². The van der Waals surface area contributed by atoms with E-state index in [0.29, 0.717) is 4.83 Å². The van der Waals surface area contributed by atoms with Crippen LogP contribution in [-0.2, 0) is 6.42 Å². The van der Waals surface area contributed by atoms with E-state index < -0.39 is 0 Å². The van der Waals surface area contributed by atoms with Gasteiger partial charge >= 0.3 is 0 Å². The van der Waals surface area contributed by atoms with Crippen molar-refractivity contribution < 1.29 is 0 Å². The minimum atomic E-state index is 0.302. The average molecular weight is 360 g/mol. The molecular formula is C19H16BrCl. The van der Waals surface area contributed by atoms with Crippen molar-refractivity contribution >= 4 is 38.3 Å². The van der Waals surface area contributed by atoms with Gasteiger partial charge < -0.3 is 0 Å². The minimum Gasteiger partial charge on any atom is -0.0843 e. The minimum absolute atomic E-state index is 0.302. The maximum absolute atomic E-state index is 6.03. The van der Waals surface area contributed by atoms with Gasteiger partial charge in [-0.05, 0) is 52.9 Å². The number of hydrogen-bond acceptors (Lipinski definition) is 0. The topological polar surface area (TPSA) is 0 Å². The summed E-state index contributed by atoms with van der Waals surface area (Å²) in [5.41, 5.74) is 3.86. The number of benzene rings is 3. The van der Waals surface area contributed by atoms with Gasteiger partial charge in [-0.1, -0.05) is 76.1 Å². The SMILES string of the molecule is Cc1cc(Cl)ccc1C(Br)Cc1ccc2ccccc2c1. The molecule has 0 saturated carbocycles. The summed E-state index contributed by atoms with van der Waals surface area (Å²) >= 11 is 9.85. The Kier molecular flexibility index (Phi) is 4.32. The predicted octanol–water partition coefficient (Wildman–Crippen LogP) is 6.48. The van der Waals surface area contributed by atoms with E-state index in [-0.39, 0.29) is 0 Å². The lowest BCUT2D eigenvalue weighted by molar-refractivity contribution is 0.940. The van der Waals surface area contributed by atoms with Gasteiger partial charge in [0.25, 0.3) is 0 Å². The van der Waals surface area contributed by atoms with E-state index in [1.54, 1.807) is 0 Å². The van der Waals surface area contributed by atoms with Crippen LogP contribution >= 0.6 is 27.5 Å². The van der Waals surface area contributed by atoms with Crippen LogP contribution in [0, 0.1) is 6.92 Å². The molecule has 1 unspecified atom stereocenters. The zero-order valence-corrected chi connectivity index (χ0v) is 14.2. The largest absolute Gasteiger partial charge is 0.0843 e. The molecule has 0 nitrogen and oxygen atoms in total. The Morgan fingerprint density at radius 3 is 2.48 bits per heavy atom. The van der Waals surface area contributed by atoms with Crippen LogP contribution < -0.4 is 0 Å². The molecule has 0 fully saturated rings. The van der Waals surface area contributed by atoms with Gasteiger partial charge in [0.15, 0.2) is 0 Å². The van der Waals surface area contributed by atoms with Crippen LogP contribution in [0.2, 0.25) is 5.02 Å². The normalized spacial score (nSPS) is 12.5. The number of aryl methyl sites for hydroxylation is 1. The Morgan fingerprint density at radius 2 is 1.71 bits per heavy atom. The van der Waals surface area contributed by atoms with E-state index in [1.165, 1.54) is 27.5 Å². The molecule has 0 heterocycles. The molecular weight excluding hydrogens is 344 g/mol. The third-order valence-electron chi connectivity index (χ3n) is 3.80. The fourth-order valence-electron chi connectivity index (χ4n) is 2.67. The van der Waals surface area contributed by atoms with Gasteiger partial charge in [-0.2, -0.15) is 0 Å². The molecule has 0 amide bonds. The monoisotopic (exact) mass is 358 g/mol. The second-order valence-electron chi connectivity index (χ2n) is 5.35. The van der Waals surface area contributed by atoms with Crippen molar-refractivity contribution in [3.63, 3.8) is 0 Å². The molecule has 3 rings (SSSR count). The van der Waals surface area contributed by atoms with Crippen LogP contribution in [0.15, 0.2) is 60.7 Å². The van der Waals surface area contributed by atoms with Crippen molar-refractivity contribution in [3.8, 4) is 0 Å². The highest BCUT2D eigenvalue weighted by molar-refractivity contribution is 9.09. The Bertz CT molecular complexity index is 779. The van der Waals surface area contributed by atoms with E-state index >= 15 is 0 Å². The molecule has 0 aromatic heterocycles. The first kappa shape index (κ1) is 14.6. The summed E-state index contributed by atoms with van der Waals surface area (Å²) < 4.78 is 0. The molecule has 0 bridgehead atoms. The first-order chi connectivity index (χ1) is 10.1. The second-order valence-corrected chi connectivity index (χ2v) is 6.90. The average Bonchev–Trinajstić information content (AvgIpc) is 2.47. The van der Waals surface area contributed by atoms with Crippen molar-refractivity contribution in [3.05, 3.63) is 82.4 Å². The molecule has 3 aromatic carbocycles. The number of alkyl halides is 1. The second kappa shape index (κ2) is 6.21. The van der Waals surface area contributed by atoms with Crippen LogP contribution in [0.1, 0.15) is 21.5 Å². The molecule has 3 aromatic rings. The van der Waals surface area contributed by atoms with Gasteiger partial charge in [0, 0.05) is 9.85 Å². The number of hydrogen-bond donors (Lipinski definition) is 0. The smallest absolute Gasteiger partial charge is 0.0438 e. The van der Waals surface area contributed by atoms with Gasteiger partial charge in [0.2, 0.25) is 0 Å². The zero-order valence-electron chi connectivity index (χ0n) is 11.8. The molecule has 0 spiro atoms. The van der Waals surface area contributed by atoms with Crippen molar-refractivity contribution in [1.29, 1.82) is 0 Å². The van der Waals surface area contributed by atoms with Gasteiger partial charge in [0.05, 0.1) is 0 Å². The molecule has 0 radical (unpaired) electrons. The maximum atomic E-state index is 6.03. The predicted molar refractivity (Wildman–Crippen MR) is 95.5 cm³/mol. The van der Waals surface area contributed by atoms with Gasteiger partial charge in [0.1, 0.15) is 0 Å². The third-order valence-corrected chi connectivity index (χ3v) is 4.85. The van der Waals surface area contributed by atoms with E-state index in [2.05, 4.69) is 71.4 Å². The lowest BCUT2D eigenvalue weighted by atomic mass is 9.99. The summed E-state index contributed by atoms with van der Waals surface area (Å²) in [5, 5.41) is 3.37. The summed E-state index contributed by atoms with van der Waals surface area (Å²) in [7, 11) is 0. The zero-order chi connectivity index (χ0) is 14.8.